The molecule has 1 amide bonds. The van der Waals surface area contributed by atoms with E-state index in [9.17, 15) is 14.8 Å². The van der Waals surface area contributed by atoms with Crippen molar-refractivity contribution in [3.63, 3.8) is 0 Å². The fourth-order valence-electron chi connectivity index (χ4n) is 4.12. The minimum atomic E-state index is -1.51. The van der Waals surface area contributed by atoms with Gasteiger partial charge in [0.15, 0.2) is 0 Å². The molecule has 118 valence electrons. The smallest absolute Gasteiger partial charge is 0.426 e. The number of benzene rings is 1. The number of aryl methyl sites for hydroxylation is 1. The minimum absolute atomic E-state index is 0.0124. The Bertz CT molecular complexity index is 508. The van der Waals surface area contributed by atoms with E-state index in [1.807, 2.05) is 30.3 Å². The van der Waals surface area contributed by atoms with Gasteiger partial charge in [-0.2, -0.15) is 0 Å². The van der Waals surface area contributed by atoms with Crippen molar-refractivity contribution < 1.29 is 14.8 Å². The Labute approximate surface area is 132 Å². The lowest BCUT2D eigenvalue weighted by atomic mass is 9.75. The van der Waals surface area contributed by atoms with Gasteiger partial charge in [-0.25, -0.2) is 0 Å². The molecular formula is C17H24BNO3. The van der Waals surface area contributed by atoms with Gasteiger partial charge in [0.1, 0.15) is 0 Å². The molecular weight excluding hydrogens is 277 g/mol. The first-order valence-corrected chi connectivity index (χ1v) is 8.34. The third kappa shape index (κ3) is 3.53. The molecule has 2 aliphatic carbocycles. The summed E-state index contributed by atoms with van der Waals surface area (Å²) in [6.07, 6.45) is 5.82. The number of fused-ring (bicyclic) bond motifs is 2. The van der Waals surface area contributed by atoms with Crippen molar-refractivity contribution in [1.29, 1.82) is 0 Å². The molecule has 0 saturated heterocycles. The first-order valence-electron chi connectivity index (χ1n) is 8.34. The Balaban J connectivity index is 1.54. The summed E-state index contributed by atoms with van der Waals surface area (Å²) in [5.74, 6) is 0.722. The van der Waals surface area contributed by atoms with E-state index in [0.29, 0.717) is 18.3 Å². The van der Waals surface area contributed by atoms with Crippen molar-refractivity contribution in [3.8, 4) is 0 Å². The van der Waals surface area contributed by atoms with Gasteiger partial charge >= 0.3 is 7.12 Å². The van der Waals surface area contributed by atoms with Gasteiger partial charge in [-0.05, 0) is 49.5 Å². The zero-order valence-corrected chi connectivity index (χ0v) is 12.8. The molecule has 5 heteroatoms. The SMILES string of the molecule is O=C(N[C@@H](CCc1ccccc1)B(O)O)[C@@H]1C[C@H]2CC[C@@H]1C2. The minimum Gasteiger partial charge on any atom is -0.426 e. The van der Waals surface area contributed by atoms with Gasteiger partial charge in [-0.15, -0.1) is 0 Å². The van der Waals surface area contributed by atoms with Crippen LogP contribution in [0.5, 0.6) is 0 Å². The second-order valence-corrected chi connectivity index (χ2v) is 6.83. The summed E-state index contributed by atoms with van der Waals surface area (Å²) in [6, 6.07) is 9.91. The molecule has 0 unspecified atom stereocenters. The number of carbonyl (C=O) groups is 1. The fourth-order valence-corrected chi connectivity index (χ4v) is 4.12. The van der Waals surface area contributed by atoms with Crippen LogP contribution in [-0.2, 0) is 11.2 Å². The number of hydrogen-bond acceptors (Lipinski definition) is 3. The average molecular weight is 301 g/mol. The molecule has 0 spiro atoms. The monoisotopic (exact) mass is 301 g/mol. The van der Waals surface area contributed by atoms with Gasteiger partial charge < -0.3 is 15.4 Å². The van der Waals surface area contributed by atoms with Gasteiger partial charge in [0.2, 0.25) is 5.91 Å². The standard InChI is InChI=1S/C17H24BNO3/c20-17(15-11-13-6-8-14(15)10-13)19-16(18(21)22)9-7-12-4-2-1-3-5-12/h1-5,13-16,21-22H,6-11H2,(H,19,20)/t13-,14+,15+,16-/m0/s1. The van der Waals surface area contributed by atoms with E-state index >= 15 is 0 Å². The van der Waals surface area contributed by atoms with Gasteiger partial charge in [0, 0.05) is 5.92 Å². The molecule has 3 N–H and O–H groups in total. The fraction of sp³-hybridized carbons (Fsp3) is 0.588. The van der Waals surface area contributed by atoms with Crippen LogP contribution in [-0.4, -0.2) is 29.0 Å². The van der Waals surface area contributed by atoms with E-state index < -0.39 is 13.1 Å². The molecule has 2 saturated carbocycles. The second kappa shape index (κ2) is 6.84. The number of carbonyl (C=O) groups excluding carboxylic acids is 1. The highest BCUT2D eigenvalue weighted by molar-refractivity contribution is 6.43. The maximum Gasteiger partial charge on any atom is 0.475 e. The van der Waals surface area contributed by atoms with Crippen LogP contribution in [0, 0.1) is 17.8 Å². The third-order valence-corrected chi connectivity index (χ3v) is 5.35. The number of hydrogen-bond donors (Lipinski definition) is 3. The highest BCUT2D eigenvalue weighted by Gasteiger charge is 2.43. The van der Waals surface area contributed by atoms with Crippen molar-refractivity contribution in [1.82, 2.24) is 5.32 Å². The number of amides is 1. The van der Waals surface area contributed by atoms with E-state index in [4.69, 9.17) is 0 Å². The van der Waals surface area contributed by atoms with Crippen molar-refractivity contribution in [2.45, 2.75) is 44.5 Å². The summed E-state index contributed by atoms with van der Waals surface area (Å²) in [5.41, 5.74) is 1.14. The third-order valence-electron chi connectivity index (χ3n) is 5.35. The number of rotatable bonds is 6. The first-order chi connectivity index (χ1) is 10.6. The largest absolute Gasteiger partial charge is 0.475 e. The van der Waals surface area contributed by atoms with E-state index in [1.54, 1.807) is 0 Å². The van der Waals surface area contributed by atoms with Crippen LogP contribution in [0.25, 0.3) is 0 Å². The quantitative estimate of drug-likeness (QED) is 0.698. The summed E-state index contributed by atoms with van der Waals surface area (Å²) in [6.45, 7) is 0. The molecule has 4 nitrogen and oxygen atoms in total. The molecule has 4 atom stereocenters. The average Bonchev–Trinajstić information content (AvgIpc) is 3.15. The van der Waals surface area contributed by atoms with Crippen molar-refractivity contribution in [3.05, 3.63) is 35.9 Å². The molecule has 1 aromatic rings. The maximum atomic E-state index is 12.4. The van der Waals surface area contributed by atoms with Gasteiger partial charge in [0.05, 0.1) is 5.94 Å². The van der Waals surface area contributed by atoms with Crippen LogP contribution >= 0.6 is 0 Å². The summed E-state index contributed by atoms with van der Waals surface area (Å²) < 4.78 is 0. The van der Waals surface area contributed by atoms with Crippen LogP contribution < -0.4 is 5.32 Å². The summed E-state index contributed by atoms with van der Waals surface area (Å²) in [7, 11) is -1.51. The lowest BCUT2D eigenvalue weighted by Crippen LogP contribution is -2.49. The molecule has 3 rings (SSSR count). The maximum absolute atomic E-state index is 12.4. The van der Waals surface area contributed by atoms with Crippen molar-refractivity contribution >= 4 is 13.0 Å². The topological polar surface area (TPSA) is 69.6 Å². The Morgan fingerprint density at radius 3 is 2.59 bits per heavy atom. The molecule has 22 heavy (non-hydrogen) atoms. The predicted molar refractivity (Wildman–Crippen MR) is 85.8 cm³/mol. The van der Waals surface area contributed by atoms with E-state index in [2.05, 4.69) is 5.32 Å². The van der Waals surface area contributed by atoms with E-state index in [-0.39, 0.29) is 11.8 Å². The normalized spacial score (nSPS) is 27.6. The Morgan fingerprint density at radius 1 is 1.23 bits per heavy atom. The zero-order chi connectivity index (χ0) is 15.5. The van der Waals surface area contributed by atoms with Crippen LogP contribution in [0.3, 0.4) is 0 Å². The van der Waals surface area contributed by atoms with E-state index in [1.165, 1.54) is 12.8 Å². The Morgan fingerprint density at radius 2 is 2.00 bits per heavy atom. The lowest BCUT2D eigenvalue weighted by Gasteiger charge is -2.24. The molecule has 0 heterocycles. The van der Waals surface area contributed by atoms with Crippen LogP contribution in [0.2, 0.25) is 0 Å². The van der Waals surface area contributed by atoms with Crippen molar-refractivity contribution in [2.24, 2.45) is 17.8 Å². The molecule has 0 aliphatic heterocycles. The molecule has 2 bridgehead atoms. The summed E-state index contributed by atoms with van der Waals surface area (Å²) in [5, 5.41) is 22.0. The Hall–Kier alpha value is -1.33. The molecule has 2 aliphatic rings. The van der Waals surface area contributed by atoms with Gasteiger partial charge in [-0.3, -0.25) is 4.79 Å². The molecule has 1 aromatic carbocycles. The van der Waals surface area contributed by atoms with Crippen LogP contribution in [0.15, 0.2) is 30.3 Å². The highest BCUT2D eigenvalue weighted by atomic mass is 16.4. The van der Waals surface area contributed by atoms with Crippen LogP contribution in [0.1, 0.15) is 37.7 Å². The van der Waals surface area contributed by atoms with Gasteiger partial charge in [0.25, 0.3) is 0 Å². The molecule has 0 radical (unpaired) electrons. The lowest BCUT2D eigenvalue weighted by molar-refractivity contribution is -0.127. The Kier molecular flexibility index (Phi) is 4.84. The second-order valence-electron chi connectivity index (χ2n) is 6.83. The predicted octanol–water partition coefficient (Wildman–Crippen LogP) is 1.55. The van der Waals surface area contributed by atoms with Crippen LogP contribution in [0.4, 0.5) is 0 Å². The van der Waals surface area contributed by atoms with Crippen molar-refractivity contribution in [2.75, 3.05) is 0 Å². The van der Waals surface area contributed by atoms with E-state index in [0.717, 1.165) is 24.8 Å². The highest BCUT2D eigenvalue weighted by Crippen LogP contribution is 2.48. The molecule has 0 aromatic heterocycles. The zero-order valence-electron chi connectivity index (χ0n) is 12.8. The van der Waals surface area contributed by atoms with Gasteiger partial charge in [-0.1, -0.05) is 36.8 Å². The first kappa shape index (κ1) is 15.6. The summed E-state index contributed by atoms with van der Waals surface area (Å²) >= 11 is 0. The molecule has 2 fully saturated rings. The summed E-state index contributed by atoms with van der Waals surface area (Å²) in [4.78, 5) is 12.4. The number of nitrogens with one attached hydrogen (secondary N) is 1.